The van der Waals surface area contributed by atoms with Crippen LogP contribution in [0, 0.1) is 11.8 Å². The minimum Gasteiger partial charge on any atom is -0.465 e. The van der Waals surface area contributed by atoms with Crippen molar-refractivity contribution >= 4 is 11.9 Å². The van der Waals surface area contributed by atoms with Crippen LogP contribution < -0.4 is 0 Å². The van der Waals surface area contributed by atoms with Crippen LogP contribution >= 0.6 is 0 Å². The van der Waals surface area contributed by atoms with Crippen LogP contribution in [0.15, 0.2) is 0 Å². The Morgan fingerprint density at radius 1 is 1.11 bits per heavy atom. The summed E-state index contributed by atoms with van der Waals surface area (Å²) in [5.41, 5.74) is 0. The van der Waals surface area contributed by atoms with Gasteiger partial charge in [-0.05, 0) is 25.2 Å². The van der Waals surface area contributed by atoms with Gasteiger partial charge in [-0.25, -0.2) is 9.90 Å². The molecule has 18 heavy (non-hydrogen) atoms. The first-order chi connectivity index (χ1) is 8.47. The summed E-state index contributed by atoms with van der Waals surface area (Å²) in [4.78, 5) is 21.9. The summed E-state index contributed by atoms with van der Waals surface area (Å²) < 4.78 is 5.15. The van der Waals surface area contributed by atoms with Gasteiger partial charge in [0.15, 0.2) is 0 Å². The zero-order chi connectivity index (χ0) is 14.0. The Hall–Kier alpha value is -1.06. The molecule has 2 unspecified atom stereocenters. The van der Waals surface area contributed by atoms with E-state index < -0.39 is 5.97 Å². The van der Waals surface area contributed by atoms with Gasteiger partial charge in [0, 0.05) is 0 Å². The lowest BCUT2D eigenvalue weighted by atomic mass is 10.0. The van der Waals surface area contributed by atoms with E-state index in [1.54, 1.807) is 0 Å². The third kappa shape index (κ3) is 9.02. The first-order valence-electron chi connectivity index (χ1n) is 6.83. The van der Waals surface area contributed by atoms with Crippen molar-refractivity contribution < 1.29 is 19.4 Å². The fourth-order valence-corrected chi connectivity index (χ4v) is 1.76. The van der Waals surface area contributed by atoms with Gasteiger partial charge in [0.05, 0.1) is 18.9 Å². The number of ether oxygens (including phenoxy) is 1. The third-order valence-electron chi connectivity index (χ3n) is 2.99. The van der Waals surface area contributed by atoms with Gasteiger partial charge < -0.3 is 4.74 Å². The predicted octanol–water partition coefficient (Wildman–Crippen LogP) is 3.12. The zero-order valence-electron chi connectivity index (χ0n) is 11.7. The second-order valence-electron chi connectivity index (χ2n) is 5.03. The van der Waals surface area contributed by atoms with E-state index in [0.29, 0.717) is 13.0 Å². The van der Waals surface area contributed by atoms with E-state index in [1.807, 2.05) is 13.8 Å². The Bertz CT molecular complexity index is 250. The maximum atomic E-state index is 11.5. The van der Waals surface area contributed by atoms with Crippen molar-refractivity contribution in [1.29, 1.82) is 0 Å². The minimum absolute atomic E-state index is 0.0365. The Labute approximate surface area is 110 Å². The summed E-state index contributed by atoms with van der Waals surface area (Å²) in [6, 6.07) is 0. The minimum atomic E-state index is -1.02. The van der Waals surface area contributed by atoms with Crippen molar-refractivity contribution in [2.75, 3.05) is 6.61 Å². The van der Waals surface area contributed by atoms with Gasteiger partial charge in [0.1, 0.15) is 0 Å². The quantitative estimate of drug-likeness (QED) is 0.446. The largest absolute Gasteiger partial charge is 0.465 e. The summed E-state index contributed by atoms with van der Waals surface area (Å²) in [5.74, 6) is -1.12. The Morgan fingerprint density at radius 2 is 1.78 bits per heavy atom. The van der Waals surface area contributed by atoms with Crippen molar-refractivity contribution in [3.8, 4) is 0 Å². The van der Waals surface area contributed by atoms with Crippen LogP contribution in [-0.2, 0) is 19.4 Å². The molecule has 0 aliphatic heterocycles. The molecule has 4 nitrogen and oxygen atoms in total. The van der Waals surface area contributed by atoms with Crippen molar-refractivity contribution in [2.45, 2.75) is 59.3 Å². The SMILES string of the molecule is CCCCC(C)C(=O)OCCCC(C)CC([O])=O. The molecule has 0 rings (SSSR count). The number of hydrogen-bond acceptors (Lipinski definition) is 3. The predicted molar refractivity (Wildman–Crippen MR) is 68.4 cm³/mol. The molecule has 0 saturated carbocycles. The van der Waals surface area contributed by atoms with Crippen molar-refractivity contribution in [1.82, 2.24) is 0 Å². The Kier molecular flexibility index (Phi) is 9.33. The average molecular weight is 257 g/mol. The zero-order valence-corrected chi connectivity index (χ0v) is 11.7. The Balaban J connectivity index is 3.59. The Morgan fingerprint density at radius 3 is 2.33 bits per heavy atom. The maximum absolute atomic E-state index is 11.5. The monoisotopic (exact) mass is 257 g/mol. The van der Waals surface area contributed by atoms with Gasteiger partial charge in [0.2, 0.25) is 0 Å². The van der Waals surface area contributed by atoms with Crippen LogP contribution in [0.4, 0.5) is 0 Å². The standard InChI is InChI=1S/C14H25O4/c1-4-5-8-12(3)14(17)18-9-6-7-11(2)10-13(15)16/h11-12H,4-10H2,1-3H3. The molecule has 105 valence electrons. The highest BCUT2D eigenvalue weighted by atomic mass is 16.5. The molecule has 0 aromatic rings. The number of esters is 1. The molecule has 0 aromatic heterocycles. The van der Waals surface area contributed by atoms with Crippen LogP contribution in [0.1, 0.15) is 59.3 Å². The number of hydrogen-bond donors (Lipinski definition) is 0. The number of unbranched alkanes of at least 4 members (excludes halogenated alkanes) is 1. The molecule has 0 saturated heterocycles. The molecule has 4 heteroatoms. The molecule has 2 atom stereocenters. The normalized spacial score (nSPS) is 13.9. The smallest absolute Gasteiger partial charge is 0.355 e. The maximum Gasteiger partial charge on any atom is 0.355 e. The summed E-state index contributed by atoms with van der Waals surface area (Å²) >= 11 is 0. The number of carbonyl (C=O) groups is 2. The van der Waals surface area contributed by atoms with Gasteiger partial charge in [-0.15, -0.1) is 0 Å². The van der Waals surface area contributed by atoms with Crippen LogP contribution in [0.5, 0.6) is 0 Å². The number of carbonyl (C=O) groups excluding carboxylic acids is 2. The lowest BCUT2D eigenvalue weighted by molar-refractivity contribution is -0.149. The topological polar surface area (TPSA) is 63.3 Å². The van der Waals surface area contributed by atoms with Crippen LogP contribution in [-0.4, -0.2) is 18.5 Å². The summed E-state index contributed by atoms with van der Waals surface area (Å²) in [6.45, 7) is 6.22. The van der Waals surface area contributed by atoms with E-state index >= 15 is 0 Å². The summed E-state index contributed by atoms with van der Waals surface area (Å²) in [6.07, 6.45) is 4.51. The molecular formula is C14H25O4. The van der Waals surface area contributed by atoms with Crippen LogP contribution in [0.3, 0.4) is 0 Å². The highest BCUT2D eigenvalue weighted by Gasteiger charge is 2.14. The molecule has 0 bridgehead atoms. The van der Waals surface area contributed by atoms with E-state index in [4.69, 9.17) is 4.74 Å². The fourth-order valence-electron chi connectivity index (χ4n) is 1.76. The molecule has 0 fully saturated rings. The lowest BCUT2D eigenvalue weighted by Crippen LogP contribution is -2.16. The van der Waals surface area contributed by atoms with Gasteiger partial charge in [-0.1, -0.05) is 33.6 Å². The molecule has 0 spiro atoms. The molecule has 0 aromatic carbocycles. The van der Waals surface area contributed by atoms with E-state index in [-0.39, 0.29) is 24.2 Å². The van der Waals surface area contributed by atoms with E-state index in [2.05, 4.69) is 6.92 Å². The number of rotatable bonds is 10. The van der Waals surface area contributed by atoms with E-state index in [0.717, 1.165) is 25.7 Å². The first kappa shape index (κ1) is 16.9. The highest BCUT2D eigenvalue weighted by Crippen LogP contribution is 2.12. The lowest BCUT2D eigenvalue weighted by Gasteiger charge is -2.12. The third-order valence-corrected chi connectivity index (χ3v) is 2.99. The van der Waals surface area contributed by atoms with Gasteiger partial charge in [-0.2, -0.15) is 0 Å². The van der Waals surface area contributed by atoms with Gasteiger partial charge in [-0.3, -0.25) is 4.79 Å². The highest BCUT2D eigenvalue weighted by molar-refractivity contribution is 5.71. The molecule has 1 radical (unpaired) electrons. The molecule has 0 amide bonds. The van der Waals surface area contributed by atoms with E-state index in [1.165, 1.54) is 0 Å². The molecule has 0 aliphatic carbocycles. The first-order valence-corrected chi connectivity index (χ1v) is 6.83. The van der Waals surface area contributed by atoms with Crippen molar-refractivity contribution in [3.63, 3.8) is 0 Å². The molecular weight excluding hydrogens is 232 g/mol. The second kappa shape index (κ2) is 9.92. The van der Waals surface area contributed by atoms with Crippen LogP contribution in [0.25, 0.3) is 0 Å². The van der Waals surface area contributed by atoms with Gasteiger partial charge in [0.25, 0.3) is 0 Å². The van der Waals surface area contributed by atoms with Crippen molar-refractivity contribution in [3.05, 3.63) is 0 Å². The van der Waals surface area contributed by atoms with Crippen molar-refractivity contribution in [2.24, 2.45) is 11.8 Å². The second-order valence-corrected chi connectivity index (χ2v) is 5.03. The van der Waals surface area contributed by atoms with E-state index in [9.17, 15) is 14.7 Å². The van der Waals surface area contributed by atoms with Crippen LogP contribution in [0.2, 0.25) is 0 Å². The molecule has 0 N–H and O–H groups in total. The molecule has 0 aliphatic rings. The summed E-state index contributed by atoms with van der Waals surface area (Å²) in [7, 11) is 0. The van der Waals surface area contributed by atoms with Gasteiger partial charge >= 0.3 is 11.9 Å². The average Bonchev–Trinajstić information content (AvgIpc) is 2.30. The summed E-state index contributed by atoms with van der Waals surface area (Å²) in [5, 5.41) is 10.3. The molecule has 0 heterocycles. The fraction of sp³-hybridized carbons (Fsp3) is 0.857.